The van der Waals surface area contributed by atoms with Crippen molar-refractivity contribution in [1.82, 2.24) is 15.2 Å². The van der Waals surface area contributed by atoms with Crippen LogP contribution in [0.5, 0.6) is 5.75 Å². The normalized spacial score (nSPS) is 15.9. The highest BCUT2D eigenvalue weighted by Gasteiger charge is 2.20. The van der Waals surface area contributed by atoms with Crippen LogP contribution in [-0.4, -0.2) is 61.4 Å². The molecule has 0 bridgehead atoms. The first kappa shape index (κ1) is 15.3. The lowest BCUT2D eigenvalue weighted by atomic mass is 10.2. The highest BCUT2D eigenvalue weighted by Crippen LogP contribution is 2.17. The number of hydrogen-bond donors (Lipinski definition) is 2. The Labute approximate surface area is 123 Å². The molecule has 7 nitrogen and oxygen atoms in total. The van der Waals surface area contributed by atoms with Crippen LogP contribution in [0.15, 0.2) is 24.3 Å². The summed E-state index contributed by atoms with van der Waals surface area (Å²) < 4.78 is 5.64. The molecule has 1 saturated heterocycles. The van der Waals surface area contributed by atoms with Crippen molar-refractivity contribution in [3.8, 4) is 5.75 Å². The lowest BCUT2D eigenvalue weighted by Gasteiger charge is -2.31. The molecule has 0 spiro atoms. The molecule has 0 unspecified atom stereocenters. The minimum absolute atomic E-state index is 0.115. The van der Waals surface area contributed by atoms with Gasteiger partial charge in [0.2, 0.25) is 5.91 Å². The first-order chi connectivity index (χ1) is 10.1. The maximum atomic E-state index is 11.6. The van der Waals surface area contributed by atoms with Crippen LogP contribution < -0.4 is 16.0 Å². The van der Waals surface area contributed by atoms with Crippen molar-refractivity contribution in [2.75, 3.05) is 39.8 Å². The van der Waals surface area contributed by atoms with Gasteiger partial charge in [-0.3, -0.25) is 19.9 Å². The number of carbonyl (C=O) groups is 2. The van der Waals surface area contributed by atoms with Crippen molar-refractivity contribution in [2.45, 2.75) is 0 Å². The second kappa shape index (κ2) is 7.05. The summed E-state index contributed by atoms with van der Waals surface area (Å²) in [7, 11) is 1.80. The molecule has 0 saturated carbocycles. The first-order valence-electron chi connectivity index (χ1n) is 6.81. The monoisotopic (exact) mass is 292 g/mol. The Balaban J connectivity index is 1.87. The average molecular weight is 292 g/mol. The summed E-state index contributed by atoms with van der Waals surface area (Å²) in [4.78, 5) is 27.0. The van der Waals surface area contributed by atoms with Gasteiger partial charge >= 0.3 is 0 Å². The predicted octanol–water partition coefficient (Wildman–Crippen LogP) is -0.557. The summed E-state index contributed by atoms with van der Waals surface area (Å²) >= 11 is 0. The number of carbonyl (C=O) groups excluding carboxylic acids is 2. The Kier molecular flexibility index (Phi) is 5.13. The number of nitrogen functional groups attached to an aromatic ring is 1. The number of rotatable bonds is 5. The fourth-order valence-electron chi connectivity index (χ4n) is 2.14. The topological polar surface area (TPSA) is 87.9 Å². The molecule has 0 atom stereocenters. The van der Waals surface area contributed by atoms with Gasteiger partial charge < -0.3 is 9.64 Å². The molecule has 0 radical (unpaired) electrons. The number of nitrogens with two attached hydrogens (primary N) is 1. The van der Waals surface area contributed by atoms with E-state index >= 15 is 0 Å². The van der Waals surface area contributed by atoms with Crippen molar-refractivity contribution < 1.29 is 14.3 Å². The van der Waals surface area contributed by atoms with E-state index in [-0.39, 0.29) is 11.8 Å². The Morgan fingerprint density at radius 2 is 2.14 bits per heavy atom. The number of amides is 2. The Morgan fingerprint density at radius 3 is 2.86 bits per heavy atom. The molecular formula is C14H20N4O3. The third-order valence-electron chi connectivity index (χ3n) is 3.46. The number of likely N-dealkylation sites (N-methyl/N-ethyl adjacent to an activating group) is 1. The first-order valence-corrected chi connectivity index (χ1v) is 6.81. The third kappa shape index (κ3) is 3.93. The van der Waals surface area contributed by atoms with Gasteiger partial charge in [-0.2, -0.15) is 0 Å². The minimum atomic E-state index is -0.389. The Bertz CT molecular complexity index is 521. The van der Waals surface area contributed by atoms with Crippen LogP contribution in [0.25, 0.3) is 0 Å². The molecule has 0 aliphatic carbocycles. The summed E-state index contributed by atoms with van der Waals surface area (Å²) in [5, 5.41) is 0. The maximum absolute atomic E-state index is 11.6. The molecule has 1 heterocycles. The van der Waals surface area contributed by atoms with Gasteiger partial charge in [0.05, 0.1) is 12.1 Å². The second-order valence-electron chi connectivity index (χ2n) is 4.91. The molecule has 21 heavy (non-hydrogen) atoms. The van der Waals surface area contributed by atoms with Crippen LogP contribution >= 0.6 is 0 Å². The van der Waals surface area contributed by atoms with Gasteiger partial charge in [-0.1, -0.05) is 12.1 Å². The smallest absolute Gasteiger partial charge is 0.268 e. The van der Waals surface area contributed by atoms with E-state index < -0.39 is 0 Å². The van der Waals surface area contributed by atoms with Crippen molar-refractivity contribution in [3.63, 3.8) is 0 Å². The summed E-state index contributed by atoms with van der Waals surface area (Å²) in [5.74, 6) is 5.35. The number of hydrazine groups is 1. The van der Waals surface area contributed by atoms with E-state index in [4.69, 9.17) is 10.6 Å². The number of para-hydroxylation sites is 1. The highest BCUT2D eigenvalue weighted by atomic mass is 16.5. The largest absolute Gasteiger partial charge is 0.491 e. The number of nitrogens with zero attached hydrogens (tertiary/aromatic N) is 2. The van der Waals surface area contributed by atoms with Gasteiger partial charge in [-0.15, -0.1) is 0 Å². The zero-order valence-corrected chi connectivity index (χ0v) is 12.0. The molecule has 2 amide bonds. The second-order valence-corrected chi connectivity index (χ2v) is 4.91. The number of nitrogens with one attached hydrogen (secondary N) is 1. The van der Waals surface area contributed by atoms with Gasteiger partial charge in [0.1, 0.15) is 12.4 Å². The van der Waals surface area contributed by atoms with Gasteiger partial charge in [-0.25, -0.2) is 5.84 Å². The van der Waals surface area contributed by atoms with Crippen molar-refractivity contribution in [2.24, 2.45) is 5.84 Å². The number of hydrogen-bond acceptors (Lipinski definition) is 5. The molecule has 1 aromatic rings. The SMILES string of the molecule is CN1CCN(CCOc2ccccc2C(=O)NN)CC1=O. The fraction of sp³-hybridized carbons (Fsp3) is 0.429. The van der Waals surface area contributed by atoms with Gasteiger partial charge in [0.25, 0.3) is 5.91 Å². The van der Waals surface area contributed by atoms with E-state index in [0.29, 0.717) is 31.0 Å². The maximum Gasteiger partial charge on any atom is 0.268 e. The molecular weight excluding hydrogens is 272 g/mol. The lowest BCUT2D eigenvalue weighted by molar-refractivity contribution is -0.134. The molecule has 2 rings (SSSR count). The van der Waals surface area contributed by atoms with E-state index in [9.17, 15) is 9.59 Å². The minimum Gasteiger partial charge on any atom is -0.491 e. The van der Waals surface area contributed by atoms with E-state index in [1.807, 2.05) is 4.90 Å². The molecule has 1 aromatic carbocycles. The van der Waals surface area contributed by atoms with Crippen LogP contribution in [0.4, 0.5) is 0 Å². The van der Waals surface area contributed by atoms with E-state index in [0.717, 1.165) is 13.1 Å². The number of ether oxygens (including phenoxy) is 1. The van der Waals surface area contributed by atoms with Crippen LogP contribution in [0, 0.1) is 0 Å². The van der Waals surface area contributed by atoms with Gasteiger partial charge in [0, 0.05) is 26.7 Å². The molecule has 1 fully saturated rings. The van der Waals surface area contributed by atoms with Crippen LogP contribution in [0.1, 0.15) is 10.4 Å². The predicted molar refractivity (Wildman–Crippen MR) is 77.7 cm³/mol. The molecule has 1 aliphatic heterocycles. The molecule has 114 valence electrons. The summed E-state index contributed by atoms with van der Waals surface area (Å²) in [6.45, 7) is 3.01. The number of piperazine rings is 1. The lowest BCUT2D eigenvalue weighted by Crippen LogP contribution is -2.49. The van der Waals surface area contributed by atoms with Crippen molar-refractivity contribution in [1.29, 1.82) is 0 Å². The van der Waals surface area contributed by atoms with Crippen LogP contribution in [-0.2, 0) is 4.79 Å². The van der Waals surface area contributed by atoms with Crippen molar-refractivity contribution >= 4 is 11.8 Å². The molecule has 0 aromatic heterocycles. The van der Waals surface area contributed by atoms with E-state index in [1.54, 1.807) is 36.2 Å². The Morgan fingerprint density at radius 1 is 1.38 bits per heavy atom. The molecule has 1 aliphatic rings. The standard InChI is InChI=1S/C14H20N4O3/c1-17-6-7-18(10-13(17)19)8-9-21-12-5-3-2-4-11(12)14(20)16-15/h2-5H,6-10,15H2,1H3,(H,16,20). The summed E-state index contributed by atoms with van der Waals surface area (Å²) in [6, 6.07) is 6.91. The van der Waals surface area contributed by atoms with Gasteiger partial charge in [-0.05, 0) is 12.1 Å². The van der Waals surface area contributed by atoms with Gasteiger partial charge in [0.15, 0.2) is 0 Å². The highest BCUT2D eigenvalue weighted by molar-refractivity contribution is 5.96. The van der Waals surface area contributed by atoms with Crippen LogP contribution in [0.2, 0.25) is 0 Å². The molecule has 3 N–H and O–H groups in total. The molecule has 7 heteroatoms. The zero-order valence-electron chi connectivity index (χ0n) is 12.0. The van der Waals surface area contributed by atoms with Crippen molar-refractivity contribution in [3.05, 3.63) is 29.8 Å². The zero-order chi connectivity index (χ0) is 15.2. The average Bonchev–Trinajstić information content (AvgIpc) is 2.50. The third-order valence-corrected chi connectivity index (χ3v) is 3.46. The fourth-order valence-corrected chi connectivity index (χ4v) is 2.14. The quantitative estimate of drug-likeness (QED) is 0.432. The summed E-state index contributed by atoms with van der Waals surface area (Å²) in [5.41, 5.74) is 2.49. The van der Waals surface area contributed by atoms with E-state index in [2.05, 4.69) is 5.43 Å². The summed E-state index contributed by atoms with van der Waals surface area (Å²) in [6.07, 6.45) is 0. The van der Waals surface area contributed by atoms with E-state index in [1.165, 1.54) is 0 Å². The number of benzene rings is 1. The Hall–Kier alpha value is -2.12. The van der Waals surface area contributed by atoms with Crippen LogP contribution in [0.3, 0.4) is 0 Å².